The number of anilines is 1. The molecule has 5 nitrogen and oxygen atoms in total. The lowest BCUT2D eigenvalue weighted by Crippen LogP contribution is -2.41. The van der Waals surface area contributed by atoms with Crippen molar-refractivity contribution in [3.8, 4) is 0 Å². The summed E-state index contributed by atoms with van der Waals surface area (Å²) in [6, 6.07) is 2.38. The van der Waals surface area contributed by atoms with Crippen molar-refractivity contribution in [3.05, 3.63) is 28.8 Å². The van der Waals surface area contributed by atoms with E-state index in [9.17, 15) is 18.4 Å². The van der Waals surface area contributed by atoms with E-state index in [0.717, 1.165) is 6.07 Å². The highest BCUT2D eigenvalue weighted by atomic mass is 35.5. The van der Waals surface area contributed by atoms with E-state index >= 15 is 0 Å². The van der Waals surface area contributed by atoms with Crippen LogP contribution in [0.5, 0.6) is 0 Å². The van der Waals surface area contributed by atoms with E-state index in [-0.39, 0.29) is 16.3 Å². The number of hydrogen-bond acceptors (Lipinski definition) is 3. The van der Waals surface area contributed by atoms with Gasteiger partial charge in [0.25, 0.3) is 6.43 Å². The Morgan fingerprint density at radius 1 is 1.33 bits per heavy atom. The van der Waals surface area contributed by atoms with Crippen molar-refractivity contribution in [3.63, 3.8) is 0 Å². The van der Waals surface area contributed by atoms with Crippen molar-refractivity contribution in [2.24, 2.45) is 0 Å². The van der Waals surface area contributed by atoms with Gasteiger partial charge in [-0.05, 0) is 31.0 Å². The second-order valence-corrected chi connectivity index (χ2v) is 5.12. The number of hydrogen-bond donors (Lipinski definition) is 3. The predicted octanol–water partition coefficient (Wildman–Crippen LogP) is 2.42. The van der Waals surface area contributed by atoms with Crippen LogP contribution in [0.25, 0.3) is 0 Å². The molecule has 2 rings (SSSR count). The molecule has 1 aliphatic rings. The van der Waals surface area contributed by atoms with E-state index in [0.29, 0.717) is 12.8 Å². The van der Waals surface area contributed by atoms with Gasteiger partial charge in [0, 0.05) is 16.3 Å². The van der Waals surface area contributed by atoms with Gasteiger partial charge in [-0.15, -0.1) is 0 Å². The van der Waals surface area contributed by atoms with Crippen LogP contribution >= 0.6 is 11.6 Å². The van der Waals surface area contributed by atoms with Crippen LogP contribution in [0.4, 0.5) is 14.5 Å². The van der Waals surface area contributed by atoms with Crippen LogP contribution in [-0.2, 0) is 9.59 Å². The lowest BCUT2D eigenvalue weighted by atomic mass is 10.1. The molecule has 8 heteroatoms. The molecule has 0 radical (unpaired) electrons. The monoisotopic (exact) mass is 318 g/mol. The molecular weight excluding hydrogens is 306 g/mol. The van der Waals surface area contributed by atoms with Gasteiger partial charge in [0.15, 0.2) is 0 Å². The Balaban J connectivity index is 2.03. The number of carboxylic acid groups (broad SMARTS) is 1. The Morgan fingerprint density at radius 3 is 2.57 bits per heavy atom. The Kier molecular flexibility index (Phi) is 4.74. The maximum atomic E-state index is 12.7. The molecule has 0 bridgehead atoms. The number of carboxylic acids is 1. The predicted molar refractivity (Wildman–Crippen MR) is 72.6 cm³/mol. The fourth-order valence-corrected chi connectivity index (χ4v) is 2.36. The zero-order valence-corrected chi connectivity index (χ0v) is 11.5. The number of nitrogens with one attached hydrogen (secondary N) is 2. The van der Waals surface area contributed by atoms with Gasteiger partial charge in [-0.25, -0.2) is 8.78 Å². The molecule has 0 aliphatic carbocycles. The Bertz CT molecular complexity index is 568. The molecule has 114 valence electrons. The molecule has 1 amide bonds. The summed E-state index contributed by atoms with van der Waals surface area (Å²) in [7, 11) is 0. The molecule has 0 aromatic heterocycles. The first-order chi connectivity index (χ1) is 9.88. The second-order valence-electron chi connectivity index (χ2n) is 4.71. The van der Waals surface area contributed by atoms with Gasteiger partial charge >= 0.3 is 5.97 Å². The third-order valence-corrected chi connectivity index (χ3v) is 3.60. The normalized spacial score (nSPS) is 21.5. The first-order valence-corrected chi connectivity index (χ1v) is 6.63. The number of amides is 1. The van der Waals surface area contributed by atoms with Crippen molar-refractivity contribution in [2.75, 3.05) is 5.32 Å². The molecule has 3 N–H and O–H groups in total. The number of alkyl halides is 2. The smallest absolute Gasteiger partial charge is 0.320 e. The summed E-state index contributed by atoms with van der Waals surface area (Å²) >= 11 is 5.64. The highest BCUT2D eigenvalue weighted by Gasteiger charge is 2.33. The largest absolute Gasteiger partial charge is 0.480 e. The fourth-order valence-electron chi connectivity index (χ4n) is 2.16. The number of carbonyl (C=O) groups is 2. The summed E-state index contributed by atoms with van der Waals surface area (Å²) in [5, 5.41) is 13.9. The minimum atomic E-state index is -2.74. The maximum absolute atomic E-state index is 12.7. The SMILES string of the molecule is O=C(O)[C@@H]1CC[C@H](C(=O)Nc2ccc(Cl)c(C(F)F)c2)N1. The van der Waals surface area contributed by atoms with Crippen molar-refractivity contribution in [1.29, 1.82) is 0 Å². The molecule has 1 aromatic rings. The zero-order chi connectivity index (χ0) is 15.6. The Hall–Kier alpha value is -1.73. The highest BCUT2D eigenvalue weighted by molar-refractivity contribution is 6.31. The summed E-state index contributed by atoms with van der Waals surface area (Å²) in [5.74, 6) is -1.47. The van der Waals surface area contributed by atoms with Gasteiger partial charge in [-0.3, -0.25) is 14.9 Å². The van der Waals surface area contributed by atoms with Crippen molar-refractivity contribution < 1.29 is 23.5 Å². The van der Waals surface area contributed by atoms with E-state index in [4.69, 9.17) is 16.7 Å². The molecule has 21 heavy (non-hydrogen) atoms. The van der Waals surface area contributed by atoms with Crippen LogP contribution < -0.4 is 10.6 Å². The molecule has 1 fully saturated rings. The minimum Gasteiger partial charge on any atom is -0.480 e. The minimum absolute atomic E-state index is 0.0760. The fraction of sp³-hybridized carbons (Fsp3) is 0.385. The van der Waals surface area contributed by atoms with E-state index in [1.807, 2.05) is 0 Å². The maximum Gasteiger partial charge on any atom is 0.320 e. The molecule has 0 saturated carbocycles. The molecule has 1 saturated heterocycles. The van der Waals surface area contributed by atoms with Gasteiger partial charge in [0.2, 0.25) is 5.91 Å². The van der Waals surface area contributed by atoms with Crippen LogP contribution in [0.3, 0.4) is 0 Å². The average molecular weight is 319 g/mol. The summed E-state index contributed by atoms with van der Waals surface area (Å²) in [6.45, 7) is 0. The summed E-state index contributed by atoms with van der Waals surface area (Å²) < 4.78 is 25.4. The van der Waals surface area contributed by atoms with Gasteiger partial charge in [-0.1, -0.05) is 11.6 Å². The van der Waals surface area contributed by atoms with Gasteiger partial charge in [0.1, 0.15) is 6.04 Å². The molecule has 2 atom stereocenters. The summed E-state index contributed by atoms with van der Waals surface area (Å²) in [5.41, 5.74) is -0.169. The lowest BCUT2D eigenvalue weighted by Gasteiger charge is -2.13. The molecule has 0 spiro atoms. The highest BCUT2D eigenvalue weighted by Crippen LogP contribution is 2.29. The lowest BCUT2D eigenvalue weighted by molar-refractivity contribution is -0.139. The number of rotatable bonds is 4. The molecule has 1 heterocycles. The molecular formula is C13H13ClF2N2O3. The van der Waals surface area contributed by atoms with E-state index in [2.05, 4.69) is 10.6 Å². The van der Waals surface area contributed by atoms with Crippen LogP contribution in [0, 0.1) is 0 Å². The topological polar surface area (TPSA) is 78.4 Å². The van der Waals surface area contributed by atoms with E-state index < -0.39 is 30.4 Å². The van der Waals surface area contributed by atoms with Crippen LogP contribution in [0.1, 0.15) is 24.8 Å². The quantitative estimate of drug-likeness (QED) is 0.796. The van der Waals surface area contributed by atoms with E-state index in [1.54, 1.807) is 0 Å². The van der Waals surface area contributed by atoms with Crippen LogP contribution in [0.2, 0.25) is 5.02 Å². The first kappa shape index (κ1) is 15.7. The molecule has 1 aliphatic heterocycles. The third-order valence-electron chi connectivity index (χ3n) is 3.26. The van der Waals surface area contributed by atoms with Crippen molar-refractivity contribution in [1.82, 2.24) is 5.32 Å². The molecule has 0 unspecified atom stereocenters. The zero-order valence-electron chi connectivity index (χ0n) is 10.8. The van der Waals surface area contributed by atoms with Gasteiger partial charge in [-0.2, -0.15) is 0 Å². The van der Waals surface area contributed by atoms with Crippen LogP contribution in [0.15, 0.2) is 18.2 Å². The molecule has 1 aromatic carbocycles. The third kappa shape index (κ3) is 3.68. The Labute approximate surface area is 124 Å². The summed E-state index contributed by atoms with van der Waals surface area (Å²) in [6.07, 6.45) is -2.02. The van der Waals surface area contributed by atoms with E-state index in [1.165, 1.54) is 12.1 Å². The van der Waals surface area contributed by atoms with Crippen molar-refractivity contribution in [2.45, 2.75) is 31.4 Å². The summed E-state index contributed by atoms with van der Waals surface area (Å²) in [4.78, 5) is 22.8. The second kappa shape index (κ2) is 6.36. The van der Waals surface area contributed by atoms with Gasteiger partial charge in [0.05, 0.1) is 6.04 Å². The van der Waals surface area contributed by atoms with Crippen LogP contribution in [-0.4, -0.2) is 29.1 Å². The average Bonchev–Trinajstić information content (AvgIpc) is 2.90. The van der Waals surface area contributed by atoms with Crippen molar-refractivity contribution >= 4 is 29.2 Å². The van der Waals surface area contributed by atoms with Gasteiger partial charge < -0.3 is 10.4 Å². The first-order valence-electron chi connectivity index (χ1n) is 6.26. The number of halogens is 3. The number of aliphatic carboxylic acids is 1. The standard InChI is InChI=1S/C13H13ClF2N2O3/c14-8-2-1-6(5-7(8)11(15)16)17-12(19)9-3-4-10(18-9)13(20)21/h1-2,5,9-11,18H,3-4H2,(H,17,19)(H,20,21)/t9-,10+/m1/s1. The number of benzene rings is 1. The Morgan fingerprint density at radius 2 is 2.00 bits per heavy atom. The number of carbonyl (C=O) groups excluding carboxylic acids is 1.